The molecule has 0 saturated carbocycles. The summed E-state index contributed by atoms with van der Waals surface area (Å²) in [7, 11) is 0. The van der Waals surface area contributed by atoms with E-state index in [1.807, 2.05) is 24.4 Å². The third-order valence-corrected chi connectivity index (χ3v) is 3.55. The molecule has 1 heterocycles. The van der Waals surface area contributed by atoms with Crippen molar-refractivity contribution in [1.29, 1.82) is 0 Å². The van der Waals surface area contributed by atoms with E-state index in [-0.39, 0.29) is 5.56 Å². The minimum absolute atomic E-state index is 0.0881. The van der Waals surface area contributed by atoms with Crippen LogP contribution in [0.1, 0.15) is 15.9 Å². The molecular formula is C17H14N4O4. The molecule has 0 bridgehead atoms. The molecule has 0 aliphatic heterocycles. The van der Waals surface area contributed by atoms with Gasteiger partial charge in [-0.1, -0.05) is 12.1 Å². The summed E-state index contributed by atoms with van der Waals surface area (Å²) >= 11 is 0. The normalized spacial score (nSPS) is 10.4. The number of carbonyl (C=O) groups is 1. The molecule has 8 heteroatoms. The highest BCUT2D eigenvalue weighted by atomic mass is 16.6. The Morgan fingerprint density at radius 2 is 2.00 bits per heavy atom. The molecule has 0 spiro atoms. The number of phenolic OH excluding ortho intramolecular Hbond substituents is 1. The number of amides is 1. The molecule has 0 radical (unpaired) electrons. The molecule has 1 aromatic heterocycles. The van der Waals surface area contributed by atoms with Crippen LogP contribution >= 0.6 is 0 Å². The minimum atomic E-state index is -0.740. The Kier molecular flexibility index (Phi) is 4.42. The molecular weight excluding hydrogens is 324 g/mol. The first-order valence-electron chi connectivity index (χ1n) is 7.38. The average molecular weight is 338 g/mol. The van der Waals surface area contributed by atoms with Crippen LogP contribution in [0.4, 0.5) is 11.4 Å². The summed E-state index contributed by atoms with van der Waals surface area (Å²) in [6, 6.07) is 12.5. The second-order valence-electron chi connectivity index (χ2n) is 5.32. The lowest BCUT2D eigenvalue weighted by atomic mass is 10.1. The molecule has 0 aliphatic carbocycles. The van der Waals surface area contributed by atoms with Crippen molar-refractivity contribution in [2.24, 2.45) is 0 Å². The number of anilines is 1. The van der Waals surface area contributed by atoms with E-state index >= 15 is 0 Å². The van der Waals surface area contributed by atoms with Crippen molar-refractivity contribution in [2.75, 3.05) is 5.32 Å². The smallest absolute Gasteiger partial charge is 0.311 e. The number of benzene rings is 2. The fourth-order valence-electron chi connectivity index (χ4n) is 2.29. The zero-order chi connectivity index (χ0) is 17.8. The first-order chi connectivity index (χ1) is 12.0. The minimum Gasteiger partial charge on any atom is -0.502 e. The van der Waals surface area contributed by atoms with E-state index in [4.69, 9.17) is 0 Å². The predicted octanol–water partition coefficient (Wildman–Crippen LogP) is 2.80. The van der Waals surface area contributed by atoms with Gasteiger partial charge in [-0.15, -0.1) is 0 Å². The number of nitrogens with zero attached hydrogens (tertiary/aromatic N) is 3. The first kappa shape index (κ1) is 16.2. The number of phenols is 1. The van der Waals surface area contributed by atoms with Crippen LogP contribution in [0.25, 0.3) is 0 Å². The Morgan fingerprint density at radius 3 is 2.64 bits per heavy atom. The molecule has 0 aliphatic rings. The molecule has 2 N–H and O–H groups in total. The van der Waals surface area contributed by atoms with Crippen LogP contribution in [-0.4, -0.2) is 25.7 Å². The Labute approximate surface area is 142 Å². The summed E-state index contributed by atoms with van der Waals surface area (Å²) in [5.41, 5.74) is 1.15. The molecule has 0 atom stereocenters. The number of hydrogen-bond acceptors (Lipinski definition) is 5. The fourth-order valence-corrected chi connectivity index (χ4v) is 2.29. The number of rotatable bonds is 5. The topological polar surface area (TPSA) is 110 Å². The lowest BCUT2D eigenvalue weighted by molar-refractivity contribution is -0.385. The fraction of sp³-hybridized carbons (Fsp3) is 0.0588. The quantitative estimate of drug-likeness (QED) is 0.549. The second kappa shape index (κ2) is 6.83. The number of carbonyl (C=O) groups excluding carboxylic acids is 1. The van der Waals surface area contributed by atoms with Gasteiger partial charge in [-0.25, -0.2) is 0 Å². The largest absolute Gasteiger partial charge is 0.502 e. The van der Waals surface area contributed by atoms with Gasteiger partial charge in [0.05, 0.1) is 11.5 Å². The van der Waals surface area contributed by atoms with Crippen LogP contribution < -0.4 is 5.32 Å². The van der Waals surface area contributed by atoms with Crippen LogP contribution in [0.3, 0.4) is 0 Å². The number of nitro benzene ring substituents is 1. The van der Waals surface area contributed by atoms with E-state index in [0.717, 1.165) is 17.7 Å². The van der Waals surface area contributed by atoms with Crippen molar-refractivity contribution in [2.45, 2.75) is 6.54 Å². The van der Waals surface area contributed by atoms with Crippen LogP contribution in [0, 0.1) is 10.1 Å². The van der Waals surface area contributed by atoms with Crippen molar-refractivity contribution in [3.05, 3.63) is 82.2 Å². The molecule has 3 aromatic rings. The van der Waals surface area contributed by atoms with Gasteiger partial charge in [0.2, 0.25) is 0 Å². The molecule has 2 aromatic carbocycles. The summed E-state index contributed by atoms with van der Waals surface area (Å²) in [5.74, 6) is -0.979. The van der Waals surface area contributed by atoms with Gasteiger partial charge >= 0.3 is 5.69 Å². The van der Waals surface area contributed by atoms with Crippen LogP contribution in [0.15, 0.2) is 60.9 Å². The SMILES string of the molecule is O=C(Nc1ccc(Cn2cccn2)cc1)c1ccc(O)c([N+](=O)[O-])c1. The lowest BCUT2D eigenvalue weighted by Gasteiger charge is -2.07. The van der Waals surface area contributed by atoms with E-state index in [9.17, 15) is 20.0 Å². The molecule has 25 heavy (non-hydrogen) atoms. The van der Waals surface area contributed by atoms with Gasteiger partial charge in [0.25, 0.3) is 5.91 Å². The Bertz CT molecular complexity index is 905. The van der Waals surface area contributed by atoms with E-state index in [2.05, 4.69) is 10.4 Å². The molecule has 0 saturated heterocycles. The van der Waals surface area contributed by atoms with Crippen molar-refractivity contribution < 1.29 is 14.8 Å². The zero-order valence-corrected chi connectivity index (χ0v) is 13.0. The van der Waals surface area contributed by atoms with Crippen LogP contribution in [0.2, 0.25) is 0 Å². The van der Waals surface area contributed by atoms with Crippen molar-refractivity contribution in [3.8, 4) is 5.75 Å². The summed E-state index contributed by atoms with van der Waals surface area (Å²) in [6.07, 6.45) is 3.55. The highest BCUT2D eigenvalue weighted by Crippen LogP contribution is 2.26. The Balaban J connectivity index is 1.70. The maximum absolute atomic E-state index is 12.2. The van der Waals surface area contributed by atoms with E-state index in [1.54, 1.807) is 23.0 Å². The van der Waals surface area contributed by atoms with Gasteiger partial charge < -0.3 is 10.4 Å². The molecule has 8 nitrogen and oxygen atoms in total. The first-order valence-corrected chi connectivity index (χ1v) is 7.38. The maximum Gasteiger partial charge on any atom is 0.311 e. The molecule has 1 amide bonds. The highest BCUT2D eigenvalue weighted by Gasteiger charge is 2.17. The predicted molar refractivity (Wildman–Crippen MR) is 90.5 cm³/mol. The number of nitrogens with one attached hydrogen (secondary N) is 1. The standard InChI is InChI=1S/C17H14N4O4/c22-16-7-4-13(10-15(16)21(24)25)17(23)19-14-5-2-12(3-6-14)11-20-9-1-8-18-20/h1-10,22H,11H2,(H,19,23). The molecule has 0 fully saturated rings. The van der Waals surface area contributed by atoms with Gasteiger partial charge in [0.15, 0.2) is 5.75 Å². The van der Waals surface area contributed by atoms with Gasteiger partial charge in [-0.05, 0) is 35.9 Å². The molecule has 0 unspecified atom stereocenters. The lowest BCUT2D eigenvalue weighted by Crippen LogP contribution is -2.12. The van der Waals surface area contributed by atoms with Gasteiger partial charge in [0, 0.05) is 29.7 Å². The van der Waals surface area contributed by atoms with E-state index < -0.39 is 22.3 Å². The van der Waals surface area contributed by atoms with Crippen LogP contribution in [-0.2, 0) is 6.54 Å². The van der Waals surface area contributed by atoms with Crippen molar-refractivity contribution in [3.63, 3.8) is 0 Å². The Morgan fingerprint density at radius 1 is 1.24 bits per heavy atom. The average Bonchev–Trinajstić information content (AvgIpc) is 3.09. The highest BCUT2D eigenvalue weighted by molar-refractivity contribution is 6.04. The summed E-state index contributed by atoms with van der Waals surface area (Å²) in [4.78, 5) is 22.3. The summed E-state index contributed by atoms with van der Waals surface area (Å²) in [5, 5.41) is 27.0. The van der Waals surface area contributed by atoms with E-state index in [0.29, 0.717) is 12.2 Å². The summed E-state index contributed by atoms with van der Waals surface area (Å²) < 4.78 is 1.78. The summed E-state index contributed by atoms with van der Waals surface area (Å²) in [6.45, 7) is 0.616. The molecule has 3 rings (SSSR count). The number of aromatic hydroxyl groups is 1. The van der Waals surface area contributed by atoms with Crippen LogP contribution in [0.5, 0.6) is 5.75 Å². The number of aromatic nitrogens is 2. The third-order valence-electron chi connectivity index (χ3n) is 3.55. The van der Waals surface area contributed by atoms with E-state index in [1.165, 1.54) is 6.07 Å². The second-order valence-corrected chi connectivity index (χ2v) is 5.32. The Hall–Kier alpha value is -3.68. The van der Waals surface area contributed by atoms with Crippen molar-refractivity contribution in [1.82, 2.24) is 9.78 Å². The van der Waals surface area contributed by atoms with Crippen molar-refractivity contribution >= 4 is 17.3 Å². The zero-order valence-electron chi connectivity index (χ0n) is 13.0. The van der Waals surface area contributed by atoms with Gasteiger partial charge in [-0.3, -0.25) is 19.6 Å². The third kappa shape index (κ3) is 3.81. The maximum atomic E-state index is 12.2. The van der Waals surface area contributed by atoms with Gasteiger partial charge in [-0.2, -0.15) is 5.10 Å². The monoisotopic (exact) mass is 338 g/mol. The number of nitro groups is 1. The number of hydrogen-bond donors (Lipinski definition) is 2. The molecule has 126 valence electrons. The van der Waals surface area contributed by atoms with Gasteiger partial charge in [0.1, 0.15) is 0 Å².